The maximum Gasteiger partial charge on any atom is 0.187 e. The van der Waals surface area contributed by atoms with Gasteiger partial charge in [-0.25, -0.2) is 0 Å². The molecular weight excluding hydrogens is 833 g/mol. The van der Waals surface area contributed by atoms with E-state index in [1.54, 1.807) is 19.9 Å². The molecule has 0 unspecified atom stereocenters. The van der Waals surface area contributed by atoms with Crippen LogP contribution in [0.15, 0.2) is 58.7 Å². The first-order valence-electron chi connectivity index (χ1n) is 22.8. The predicted molar refractivity (Wildman–Crippen MR) is 234 cm³/mol. The van der Waals surface area contributed by atoms with Crippen LogP contribution in [0.4, 0.5) is 0 Å². The van der Waals surface area contributed by atoms with Crippen molar-refractivity contribution in [3.63, 3.8) is 0 Å². The molecule has 0 bridgehead atoms. The van der Waals surface area contributed by atoms with Gasteiger partial charge in [-0.3, -0.25) is 4.79 Å². The number of fused-ring (bicyclic) bond motifs is 1. The van der Waals surface area contributed by atoms with Gasteiger partial charge >= 0.3 is 0 Å². The molecule has 5 rings (SSSR count). The molecule has 0 aromatic rings. The zero-order valence-electron chi connectivity index (χ0n) is 39.1. The molecule has 0 aromatic carbocycles. The first-order valence-corrected chi connectivity index (χ1v) is 22.8. The number of carbonyl (C=O) groups excluding carboxylic acids is 1. The fourth-order valence-corrected chi connectivity index (χ4v) is 9.82. The van der Waals surface area contributed by atoms with E-state index in [1.807, 2.05) is 59.8 Å². The summed E-state index contributed by atoms with van der Waals surface area (Å²) in [4.78, 5) is 14.4. The van der Waals surface area contributed by atoms with Crippen LogP contribution < -0.4 is 0 Å². The van der Waals surface area contributed by atoms with Crippen LogP contribution in [-0.2, 0) is 33.2 Å². The summed E-state index contributed by atoms with van der Waals surface area (Å²) >= 11 is 0. The van der Waals surface area contributed by atoms with Crippen molar-refractivity contribution in [2.45, 2.75) is 218 Å². The molecule has 0 spiro atoms. The topological polar surface area (TPSA) is 255 Å². The van der Waals surface area contributed by atoms with Crippen LogP contribution in [0.3, 0.4) is 0 Å². The molecule has 3 heterocycles. The highest BCUT2D eigenvalue weighted by atomic mass is 16.8. The molecule has 0 aromatic heterocycles. The van der Waals surface area contributed by atoms with Crippen molar-refractivity contribution in [2.75, 3.05) is 0 Å². The van der Waals surface area contributed by atoms with Crippen LogP contribution in [0.25, 0.3) is 0 Å². The van der Waals surface area contributed by atoms with Crippen LogP contribution in [0.5, 0.6) is 0 Å². The van der Waals surface area contributed by atoms with Crippen molar-refractivity contribution in [1.29, 1.82) is 0 Å². The third-order valence-corrected chi connectivity index (χ3v) is 14.2. The van der Waals surface area contributed by atoms with Crippen molar-refractivity contribution in [3.05, 3.63) is 58.7 Å². The highest BCUT2D eigenvalue weighted by Gasteiger charge is 2.60. The van der Waals surface area contributed by atoms with E-state index in [4.69, 9.17) is 28.4 Å². The van der Waals surface area contributed by atoms with Gasteiger partial charge < -0.3 is 74.4 Å². The van der Waals surface area contributed by atoms with Gasteiger partial charge in [0.05, 0.1) is 36.4 Å². The van der Waals surface area contributed by atoms with E-state index in [-0.39, 0.29) is 18.1 Å². The Morgan fingerprint density at radius 3 is 1.78 bits per heavy atom. The van der Waals surface area contributed by atoms with Gasteiger partial charge in [-0.2, -0.15) is 0 Å². The Labute approximate surface area is 377 Å². The minimum atomic E-state index is -1.75. The Balaban J connectivity index is 1.30. The Morgan fingerprint density at radius 1 is 0.719 bits per heavy atom. The number of hydrogen-bond acceptors (Lipinski definition) is 16. The number of carbonyl (C=O) groups is 1. The quantitative estimate of drug-likeness (QED) is 0.107. The Kier molecular flexibility index (Phi) is 17.6. The molecule has 3 aliphatic heterocycles. The van der Waals surface area contributed by atoms with Crippen LogP contribution in [0.2, 0.25) is 0 Å². The predicted octanol–water partition coefficient (Wildman–Crippen LogP) is 2.55. The molecule has 16 heteroatoms. The van der Waals surface area contributed by atoms with E-state index in [0.29, 0.717) is 36.0 Å². The summed E-state index contributed by atoms with van der Waals surface area (Å²) in [5, 5.41) is 99.5. The van der Waals surface area contributed by atoms with Gasteiger partial charge in [0.1, 0.15) is 66.3 Å². The lowest BCUT2D eigenvalue weighted by Gasteiger charge is -2.49. The molecule has 364 valence electrons. The van der Waals surface area contributed by atoms with Crippen LogP contribution >= 0.6 is 0 Å². The third kappa shape index (κ3) is 11.0. The molecule has 0 amide bonds. The monoisotopic (exact) mass is 909 g/mol. The van der Waals surface area contributed by atoms with Crippen LogP contribution in [0.1, 0.15) is 108 Å². The molecule has 16 nitrogen and oxygen atoms in total. The smallest absolute Gasteiger partial charge is 0.187 e. The molecular formula is C48H76O16. The SMILES string of the molecule is C=C1[C@@H]2CCC[C@]2(C)C(=O)[C@H](/C=C(\C)[C@H](O)CC=C(C)C)[C@@]1(O)C/C=C(\C)[C@H](CC=C(C)C)O[C@@H]1O[C@H](C)[C@H](O[C@@H]2O[C@@H](C)[C@H](O[C@@H]3O[C@@H](C)[C@H](O)[C@@H](O)[C@H]3O)[C@@H](O)[C@H]2O)[C@H](O)[C@H]1O. The molecule has 5 fully saturated rings. The van der Waals surface area contributed by atoms with E-state index in [0.717, 1.165) is 24.0 Å². The lowest BCUT2D eigenvalue weighted by molar-refractivity contribution is -0.373. The summed E-state index contributed by atoms with van der Waals surface area (Å²) in [5.74, 6) is -1.24. The van der Waals surface area contributed by atoms with Crippen molar-refractivity contribution >= 4 is 5.78 Å². The number of rotatable bonds is 15. The summed E-state index contributed by atoms with van der Waals surface area (Å²) in [6.45, 7) is 22.3. The fraction of sp³-hybridized carbons (Fsp3) is 0.771. The van der Waals surface area contributed by atoms with Crippen molar-refractivity contribution < 1.29 is 79.2 Å². The van der Waals surface area contributed by atoms with E-state index < -0.39 is 121 Å². The van der Waals surface area contributed by atoms with E-state index in [2.05, 4.69) is 6.58 Å². The van der Waals surface area contributed by atoms with E-state index >= 15 is 0 Å². The van der Waals surface area contributed by atoms with Crippen molar-refractivity contribution in [3.8, 4) is 0 Å². The van der Waals surface area contributed by atoms with Gasteiger partial charge in [-0.05, 0) is 117 Å². The number of ether oxygens (including phenoxy) is 6. The number of hydrogen-bond donors (Lipinski definition) is 9. The largest absolute Gasteiger partial charge is 0.388 e. The van der Waals surface area contributed by atoms with Crippen molar-refractivity contribution in [2.24, 2.45) is 17.3 Å². The first kappa shape index (κ1) is 52.7. The summed E-state index contributed by atoms with van der Waals surface area (Å²) in [5.41, 5.74) is 1.54. The first-order chi connectivity index (χ1) is 29.8. The fourth-order valence-electron chi connectivity index (χ4n) is 9.82. The minimum absolute atomic E-state index is 0.0184. The molecule has 2 saturated carbocycles. The summed E-state index contributed by atoms with van der Waals surface area (Å²) in [6.07, 6.45) is -12.2. The van der Waals surface area contributed by atoms with Gasteiger partial charge in [0.15, 0.2) is 18.9 Å². The maximum atomic E-state index is 14.4. The lowest BCUT2D eigenvalue weighted by atomic mass is 9.55. The molecule has 0 radical (unpaired) electrons. The van der Waals surface area contributed by atoms with Crippen LogP contribution in [-0.4, -0.2) is 162 Å². The molecule has 5 aliphatic rings. The number of aliphatic hydroxyl groups is 9. The molecule has 21 atom stereocenters. The standard InChI is InChI=1S/C48H76O16/c1-22(2)14-16-32(49)25(6)21-31-43(57)47(11)19-12-13-30(47)26(7)48(31,58)20-18-24(5)33(17-15-23(3)4)62-44-39(55)36(52)41(28(9)60-44)64-46-40(56)37(53)42(29(10)61-46)63-45-38(54)35(51)34(50)27(8)59-45/h14-15,18,21,27-42,44-46,49-56,58H,7,12-13,16-17,19-20H2,1-6,8-11H3/b24-18+,25-21+/t27-,28+,29-,30-,31-,32+,33-,34-,35+,36+,37-,38+,39+,40+,41-,42-,44-,45-,46-,47-,48+/m0/s1. The molecule has 2 aliphatic carbocycles. The summed E-state index contributed by atoms with van der Waals surface area (Å²) in [7, 11) is 0. The van der Waals surface area contributed by atoms with Gasteiger partial charge in [-0.15, -0.1) is 0 Å². The molecule has 9 N–H and O–H groups in total. The second kappa shape index (κ2) is 21.4. The minimum Gasteiger partial charge on any atom is -0.388 e. The van der Waals surface area contributed by atoms with Crippen molar-refractivity contribution in [1.82, 2.24) is 0 Å². The third-order valence-electron chi connectivity index (χ3n) is 14.2. The van der Waals surface area contributed by atoms with E-state index in [9.17, 15) is 50.8 Å². The average molecular weight is 909 g/mol. The average Bonchev–Trinajstić information content (AvgIpc) is 3.65. The highest BCUT2D eigenvalue weighted by Crippen LogP contribution is 2.58. The van der Waals surface area contributed by atoms with Gasteiger partial charge in [0.2, 0.25) is 0 Å². The number of Topliss-reactive ketones (excluding diaryl/α,β-unsaturated/α-hetero) is 1. The number of allylic oxidation sites excluding steroid dienone is 2. The maximum absolute atomic E-state index is 14.4. The second-order valence-electron chi connectivity index (χ2n) is 19.7. The molecule has 3 saturated heterocycles. The normalized spacial score (nSPS) is 44.3. The number of aliphatic hydroxyl groups excluding tert-OH is 8. The van der Waals surface area contributed by atoms with Gasteiger partial charge in [0, 0.05) is 5.41 Å². The van der Waals surface area contributed by atoms with Gasteiger partial charge in [0.25, 0.3) is 0 Å². The van der Waals surface area contributed by atoms with Crippen LogP contribution in [0, 0.1) is 17.3 Å². The zero-order valence-corrected chi connectivity index (χ0v) is 39.1. The highest BCUT2D eigenvalue weighted by molar-refractivity contribution is 5.92. The summed E-state index contributed by atoms with van der Waals surface area (Å²) in [6, 6.07) is 0. The second-order valence-corrected chi connectivity index (χ2v) is 19.7. The van der Waals surface area contributed by atoms with Gasteiger partial charge in [-0.1, -0.05) is 55.4 Å². The Bertz CT molecular complexity index is 1750. The zero-order chi connectivity index (χ0) is 47.7. The number of ketones is 1. The lowest BCUT2D eigenvalue weighted by Crippen LogP contribution is -2.65. The Hall–Kier alpha value is -2.23. The molecule has 64 heavy (non-hydrogen) atoms. The van der Waals surface area contributed by atoms with E-state index in [1.165, 1.54) is 13.8 Å². The Morgan fingerprint density at radius 2 is 1.22 bits per heavy atom. The summed E-state index contributed by atoms with van der Waals surface area (Å²) < 4.78 is 35.6.